The number of β-amino-alcohol motifs (C(OH)–C–C–N with tert-alkyl or cyclic N) is 1. The number of methoxy groups -OCH3 is 1. The molecule has 17 atom stereocenters. The monoisotopic (exact) mass is 1770 g/mol. The van der Waals surface area contributed by atoms with Crippen LogP contribution in [0.4, 0.5) is 0 Å². The highest BCUT2D eigenvalue weighted by Gasteiger charge is 2.48. The van der Waals surface area contributed by atoms with Gasteiger partial charge in [0.25, 0.3) is 0 Å². The second-order valence-corrected chi connectivity index (χ2v) is 31.1. The lowest BCUT2D eigenvalue weighted by Gasteiger charge is -2.42. The van der Waals surface area contributed by atoms with Gasteiger partial charge in [0.05, 0.1) is 78.2 Å². The van der Waals surface area contributed by atoms with Gasteiger partial charge in [0, 0.05) is 145 Å². The third kappa shape index (κ3) is 45.6. The van der Waals surface area contributed by atoms with E-state index in [1.54, 1.807) is 12.0 Å². The van der Waals surface area contributed by atoms with E-state index >= 15 is 0 Å². The summed E-state index contributed by atoms with van der Waals surface area (Å²) in [5.41, 5.74) is -1.43. The fourth-order valence-corrected chi connectivity index (χ4v) is 14.0. The number of nitrogens with zero attached hydrogens (tertiary/aromatic N) is 1. The minimum atomic E-state index is -1.46. The van der Waals surface area contributed by atoms with Crippen LogP contribution in [0.5, 0.6) is 0 Å². The lowest BCUT2D eigenvalue weighted by molar-refractivity contribution is -0.270. The van der Waals surface area contributed by atoms with Gasteiger partial charge >= 0.3 is 0 Å². The number of carbonyl (C=O) groups excluding carboxylic acids is 11. The zero-order chi connectivity index (χ0) is 90.9. The maximum absolute atomic E-state index is 14.0. The van der Waals surface area contributed by atoms with E-state index in [9.17, 15) is 104 Å². The van der Waals surface area contributed by atoms with E-state index in [0.717, 1.165) is 44.9 Å². The minimum absolute atomic E-state index is 0.0105. The fraction of sp³-hybridized carbons (Fsp3) is 0.864. The van der Waals surface area contributed by atoms with Gasteiger partial charge in [-0.1, -0.05) is 52.4 Å². The quantitative estimate of drug-likeness (QED) is 0.0257. The maximum Gasteiger partial charge on any atom is 0.222 e. The number of hydrogen-bond donors (Lipinski definition) is 20. The zero-order valence-electron chi connectivity index (χ0n) is 72.8. The Morgan fingerprint density at radius 2 is 0.650 bits per heavy atom. The first kappa shape index (κ1) is 111. The number of rotatable bonds is 65. The lowest BCUT2D eigenvalue weighted by Crippen LogP contribution is -2.64. The van der Waals surface area contributed by atoms with Crippen molar-refractivity contribution in [3.63, 3.8) is 0 Å². The Morgan fingerprint density at radius 3 is 0.951 bits per heavy atom. The molecule has 0 radical (unpaired) electrons. The van der Waals surface area contributed by atoms with E-state index < -0.39 is 141 Å². The summed E-state index contributed by atoms with van der Waals surface area (Å²) in [6, 6.07) is -3.43. The number of hydrogen-bond acceptors (Lipinski definition) is 31. The number of aliphatic hydroxyl groups excluding tert-OH is 10. The number of likely N-dealkylation sites (tertiary alicyclic amines) is 1. The van der Waals surface area contributed by atoms with Crippen LogP contribution in [-0.2, 0) is 100 Å². The van der Waals surface area contributed by atoms with E-state index in [-0.39, 0.29) is 197 Å². The molecular formula is C81H147N11O31. The highest BCUT2D eigenvalue weighted by Crippen LogP contribution is 2.27. The van der Waals surface area contributed by atoms with E-state index in [2.05, 4.69) is 53.2 Å². The SMILES string of the molecule is CC.COC[C@@H]1C[C@@H](O)CN1C(=O)CCCCCCCCCCC(=O)NC(COCCC(=O)NCCCNC(=O)CCCCOC1OC(CO)C(O)C(O)C1NC(C)=O)(COCCC(=O)NCCCNC(=O)CCCCOC1OC(CO)C(O)C(O)C1NC(C)=O)COCCC(=O)NCCCNC(=O)CCCCOC1OC(CO)C(O)C(O)C1NC(C)=O. The second kappa shape index (κ2) is 65.0. The molecular weight excluding hydrogens is 1620 g/mol. The van der Waals surface area contributed by atoms with Crippen molar-refractivity contribution in [2.45, 2.75) is 311 Å². The molecule has 0 aromatic carbocycles. The van der Waals surface area contributed by atoms with Crippen LogP contribution < -0.4 is 53.2 Å². The average molecular weight is 1770 g/mol. The predicted molar refractivity (Wildman–Crippen MR) is 440 cm³/mol. The van der Waals surface area contributed by atoms with Crippen LogP contribution in [0.25, 0.3) is 0 Å². The third-order valence-electron chi connectivity index (χ3n) is 20.6. The maximum atomic E-state index is 14.0. The average Bonchev–Trinajstić information content (AvgIpc) is 1.16. The Morgan fingerprint density at radius 1 is 0.366 bits per heavy atom. The highest BCUT2D eigenvalue weighted by molar-refractivity contribution is 5.79. The van der Waals surface area contributed by atoms with Gasteiger partial charge in [0.1, 0.15) is 78.6 Å². The Labute approximate surface area is 721 Å². The normalized spacial score (nSPS) is 24.8. The van der Waals surface area contributed by atoms with E-state index in [1.807, 2.05) is 13.8 Å². The third-order valence-corrected chi connectivity index (χ3v) is 20.6. The fourth-order valence-electron chi connectivity index (χ4n) is 14.0. The number of aliphatic hydroxyl groups is 10. The molecule has 42 heteroatoms. The molecule has 15 unspecified atom stereocenters. The molecule has 42 nitrogen and oxygen atoms in total. The van der Waals surface area contributed by atoms with Gasteiger partial charge in [0.15, 0.2) is 18.9 Å². The Hall–Kier alpha value is -6.63. The van der Waals surface area contributed by atoms with Crippen molar-refractivity contribution in [3.8, 4) is 0 Å². The van der Waals surface area contributed by atoms with Crippen molar-refractivity contribution >= 4 is 65.0 Å². The molecule has 4 aliphatic rings. The van der Waals surface area contributed by atoms with Crippen LogP contribution in [0, 0.1) is 0 Å². The molecule has 20 N–H and O–H groups in total. The molecule has 712 valence electrons. The Kier molecular flexibility index (Phi) is 58.4. The first-order chi connectivity index (χ1) is 59.0. The summed E-state index contributed by atoms with van der Waals surface area (Å²) < 4.78 is 57.5. The molecule has 0 bridgehead atoms. The highest BCUT2D eigenvalue weighted by atomic mass is 16.7. The first-order valence-corrected chi connectivity index (χ1v) is 43.7. The number of unbranched alkanes of at least 4 members (excludes halogenated alkanes) is 10. The van der Waals surface area contributed by atoms with E-state index in [1.165, 1.54) is 20.8 Å². The molecule has 11 amide bonds. The molecule has 0 aliphatic carbocycles. The molecule has 4 rings (SSSR count). The summed E-state index contributed by atoms with van der Waals surface area (Å²) >= 11 is 0. The van der Waals surface area contributed by atoms with Gasteiger partial charge in [-0.15, -0.1) is 0 Å². The summed E-state index contributed by atoms with van der Waals surface area (Å²) in [6.07, 6.45) is -5.20. The topological polar surface area (TPSA) is 606 Å². The number of carbonyl (C=O) groups is 11. The summed E-state index contributed by atoms with van der Waals surface area (Å²) in [7, 11) is 1.57. The molecule has 0 saturated carbocycles. The largest absolute Gasteiger partial charge is 0.394 e. The van der Waals surface area contributed by atoms with Crippen molar-refractivity contribution in [1.82, 2.24) is 58.1 Å². The van der Waals surface area contributed by atoms with Crippen molar-refractivity contribution in [2.75, 3.05) is 139 Å². The predicted octanol–water partition coefficient (Wildman–Crippen LogP) is -4.14. The van der Waals surface area contributed by atoms with Crippen molar-refractivity contribution in [3.05, 3.63) is 0 Å². The molecule has 0 spiro atoms. The van der Waals surface area contributed by atoms with Gasteiger partial charge in [-0.3, -0.25) is 52.7 Å². The standard InChI is InChI=1S/C79H141N11O31.C2H6/c1-51(94)86-67-73(109)70(106)56(44-91)119-76(67)116-36-16-13-22-59(98)80-30-19-33-83-62(101)27-39-113-48-79(89-65(104)25-11-9-7-5-6-8-10-12-26-66(105)90-43-55(97)42-54(90)47-112-4,49-114-40-28-63(102)84-34-20-31-81-60(99)23-14-17-37-117-77-68(87-52(2)95)74(110)71(107)57(45-92)120-77)50-115-41-29-64(103)85-35-21-32-82-61(100)24-15-18-38-118-78-69(88-53(3)96)75(111)72(108)58(46-93)121-78;1-2/h54-58,67-78,91-93,97,106-111H,5-50H2,1-4H3,(H,80,98)(H,81,99)(H,82,100)(H,83,101)(H,84,102)(H,85,103)(H,86,94)(H,87,95)(H,88,96)(H,89,104);1-2H3/t54-,55+,56?,57?,58?,67?,68?,69?,70?,71?,72?,73?,74?,75?,76?,77?,78?,79?;/m0./s1. The Bertz CT molecular complexity index is 2770. The Balaban J connectivity index is 0.0000194. The van der Waals surface area contributed by atoms with Crippen LogP contribution >= 0.6 is 0 Å². The van der Waals surface area contributed by atoms with Crippen LogP contribution in [0.2, 0.25) is 0 Å². The molecule has 0 aromatic heterocycles. The van der Waals surface area contributed by atoms with Crippen molar-refractivity contribution in [1.29, 1.82) is 0 Å². The number of nitrogens with one attached hydrogen (secondary N) is 10. The van der Waals surface area contributed by atoms with Crippen LogP contribution in [-0.4, -0.2) is 369 Å². The van der Waals surface area contributed by atoms with Crippen LogP contribution in [0.3, 0.4) is 0 Å². The molecule has 0 aromatic rings. The second-order valence-electron chi connectivity index (χ2n) is 31.1. The molecule has 123 heavy (non-hydrogen) atoms. The van der Waals surface area contributed by atoms with Crippen LogP contribution in [0.15, 0.2) is 0 Å². The van der Waals surface area contributed by atoms with Gasteiger partial charge in [-0.2, -0.15) is 0 Å². The summed E-state index contributed by atoms with van der Waals surface area (Å²) in [5.74, 6) is -3.73. The van der Waals surface area contributed by atoms with Crippen LogP contribution in [0.1, 0.15) is 202 Å². The molecule has 4 aliphatic heterocycles. The number of ether oxygens (including phenoxy) is 10. The van der Waals surface area contributed by atoms with E-state index in [0.29, 0.717) is 90.2 Å². The summed E-state index contributed by atoms with van der Waals surface area (Å²) in [4.78, 5) is 141. The van der Waals surface area contributed by atoms with Crippen molar-refractivity contribution in [2.24, 2.45) is 0 Å². The summed E-state index contributed by atoms with van der Waals surface area (Å²) in [5, 5.41) is 129. The lowest BCUT2D eigenvalue weighted by atomic mass is 9.97. The minimum Gasteiger partial charge on any atom is -0.394 e. The summed E-state index contributed by atoms with van der Waals surface area (Å²) in [6.45, 7) is 6.98. The van der Waals surface area contributed by atoms with Gasteiger partial charge in [0.2, 0.25) is 65.0 Å². The smallest absolute Gasteiger partial charge is 0.222 e. The zero-order valence-corrected chi connectivity index (χ0v) is 72.8. The van der Waals surface area contributed by atoms with Gasteiger partial charge in [-0.05, 0) is 77.0 Å². The first-order valence-electron chi connectivity index (χ1n) is 43.7. The molecule has 4 fully saturated rings. The van der Waals surface area contributed by atoms with Gasteiger partial charge < -0.3 is 157 Å². The molecule has 4 heterocycles. The van der Waals surface area contributed by atoms with Gasteiger partial charge in [-0.25, -0.2) is 0 Å². The van der Waals surface area contributed by atoms with E-state index in [4.69, 9.17) is 47.4 Å². The number of amides is 11. The van der Waals surface area contributed by atoms with Crippen molar-refractivity contribution < 1.29 is 151 Å². The molecule has 4 saturated heterocycles.